The lowest BCUT2D eigenvalue weighted by Crippen LogP contribution is -2.14. The molecule has 1 unspecified atom stereocenters. The van der Waals surface area contributed by atoms with Crippen LogP contribution in [0.5, 0.6) is 5.75 Å². The highest BCUT2D eigenvalue weighted by Gasteiger charge is 2.09. The zero-order valence-corrected chi connectivity index (χ0v) is 8.34. The summed E-state index contributed by atoms with van der Waals surface area (Å²) in [5, 5.41) is 8.48. The molecule has 0 aliphatic carbocycles. The first-order valence-electron chi connectivity index (χ1n) is 4.66. The van der Waals surface area contributed by atoms with E-state index < -0.39 is 11.6 Å². The zero-order valence-electron chi connectivity index (χ0n) is 8.34. The highest BCUT2D eigenvalue weighted by Crippen LogP contribution is 2.18. The summed E-state index contributed by atoms with van der Waals surface area (Å²) in [6.45, 7) is 1.86. The summed E-state index contributed by atoms with van der Waals surface area (Å²) >= 11 is 0. The van der Waals surface area contributed by atoms with E-state index in [2.05, 4.69) is 0 Å². The zero-order chi connectivity index (χ0) is 11.3. The Balaban J connectivity index is 2.71. The van der Waals surface area contributed by atoms with Crippen LogP contribution in [0.3, 0.4) is 0 Å². The number of benzene rings is 1. The number of ether oxygens (including phenoxy) is 1. The molecule has 4 heteroatoms. The average molecular weight is 211 g/mol. The minimum Gasteiger partial charge on any atom is -0.489 e. The summed E-state index contributed by atoms with van der Waals surface area (Å²) in [7, 11) is 0. The molecule has 2 nitrogen and oxygen atoms in total. The summed E-state index contributed by atoms with van der Waals surface area (Å²) in [6.07, 6.45) is 0.599. The van der Waals surface area contributed by atoms with Gasteiger partial charge >= 0.3 is 0 Å². The van der Waals surface area contributed by atoms with Gasteiger partial charge in [0.25, 0.3) is 0 Å². The van der Waals surface area contributed by atoms with Crippen molar-refractivity contribution in [1.29, 1.82) is 5.26 Å². The van der Waals surface area contributed by atoms with E-state index in [1.165, 1.54) is 6.07 Å². The Bertz CT molecular complexity index is 373. The molecule has 1 atom stereocenters. The Labute approximate surface area is 87.1 Å². The van der Waals surface area contributed by atoms with Crippen molar-refractivity contribution in [2.24, 2.45) is 0 Å². The van der Waals surface area contributed by atoms with Crippen LogP contribution < -0.4 is 4.74 Å². The van der Waals surface area contributed by atoms with Crippen molar-refractivity contribution in [2.45, 2.75) is 25.9 Å². The number of nitrogens with zero attached hydrogens (tertiary/aromatic N) is 1. The molecule has 0 saturated carbocycles. The van der Waals surface area contributed by atoms with Gasteiger partial charge in [-0.2, -0.15) is 5.26 Å². The van der Waals surface area contributed by atoms with E-state index in [1.54, 1.807) is 0 Å². The molecule has 1 rings (SSSR count). The van der Waals surface area contributed by atoms with Gasteiger partial charge in [-0.25, -0.2) is 8.78 Å². The topological polar surface area (TPSA) is 33.0 Å². The smallest absolute Gasteiger partial charge is 0.162 e. The van der Waals surface area contributed by atoms with Gasteiger partial charge in [-0.05, 0) is 18.6 Å². The van der Waals surface area contributed by atoms with Crippen molar-refractivity contribution < 1.29 is 13.5 Å². The second-order valence-corrected chi connectivity index (χ2v) is 3.09. The van der Waals surface area contributed by atoms with Crippen LogP contribution >= 0.6 is 0 Å². The molecule has 0 amide bonds. The minimum absolute atomic E-state index is 0.232. The maximum absolute atomic E-state index is 12.8. The van der Waals surface area contributed by atoms with Crippen LogP contribution in [-0.4, -0.2) is 6.10 Å². The molecule has 0 N–H and O–H groups in total. The van der Waals surface area contributed by atoms with Crippen molar-refractivity contribution in [3.63, 3.8) is 0 Å². The predicted molar refractivity (Wildman–Crippen MR) is 51.3 cm³/mol. The Morgan fingerprint density at radius 3 is 2.67 bits per heavy atom. The molecule has 0 fully saturated rings. The van der Waals surface area contributed by atoms with Crippen LogP contribution in [0, 0.1) is 23.0 Å². The summed E-state index contributed by atoms with van der Waals surface area (Å²) < 4.78 is 30.7. The quantitative estimate of drug-likeness (QED) is 0.766. The Morgan fingerprint density at radius 1 is 1.40 bits per heavy atom. The SMILES string of the molecule is CCC(CC#N)Oc1ccc(F)c(F)c1. The molecule has 0 radical (unpaired) electrons. The molecule has 0 spiro atoms. The van der Waals surface area contributed by atoms with Crippen molar-refractivity contribution in [1.82, 2.24) is 0 Å². The van der Waals surface area contributed by atoms with E-state index in [0.29, 0.717) is 6.42 Å². The first-order valence-corrected chi connectivity index (χ1v) is 4.66. The molecule has 0 aliphatic rings. The first-order chi connectivity index (χ1) is 7.17. The van der Waals surface area contributed by atoms with Gasteiger partial charge in [0.2, 0.25) is 0 Å². The molecule has 0 aromatic heterocycles. The number of hydrogen-bond donors (Lipinski definition) is 0. The van der Waals surface area contributed by atoms with E-state index >= 15 is 0 Å². The molecule has 0 bridgehead atoms. The van der Waals surface area contributed by atoms with E-state index in [0.717, 1.165) is 12.1 Å². The van der Waals surface area contributed by atoms with Crippen molar-refractivity contribution >= 4 is 0 Å². The fraction of sp³-hybridized carbons (Fsp3) is 0.364. The average Bonchev–Trinajstić information content (AvgIpc) is 2.23. The number of rotatable bonds is 4. The Kier molecular flexibility index (Phi) is 4.04. The molecule has 1 aromatic rings. The van der Waals surface area contributed by atoms with E-state index in [-0.39, 0.29) is 18.3 Å². The number of hydrogen-bond acceptors (Lipinski definition) is 2. The molecule has 80 valence electrons. The van der Waals surface area contributed by atoms with E-state index in [4.69, 9.17) is 10.00 Å². The van der Waals surface area contributed by atoms with Gasteiger partial charge in [-0.15, -0.1) is 0 Å². The normalized spacial score (nSPS) is 11.9. The number of nitriles is 1. The third kappa shape index (κ3) is 3.21. The van der Waals surface area contributed by atoms with Gasteiger partial charge in [0.05, 0.1) is 12.5 Å². The largest absolute Gasteiger partial charge is 0.489 e. The van der Waals surface area contributed by atoms with Crippen molar-refractivity contribution in [3.05, 3.63) is 29.8 Å². The maximum Gasteiger partial charge on any atom is 0.162 e. The summed E-state index contributed by atoms with van der Waals surface area (Å²) in [4.78, 5) is 0. The Hall–Kier alpha value is -1.63. The molecular weight excluding hydrogens is 200 g/mol. The van der Waals surface area contributed by atoms with Crippen LogP contribution in [-0.2, 0) is 0 Å². The first kappa shape index (κ1) is 11.4. The molecule has 15 heavy (non-hydrogen) atoms. The lowest BCUT2D eigenvalue weighted by molar-refractivity contribution is 0.201. The predicted octanol–water partition coefficient (Wildman–Crippen LogP) is 3.04. The summed E-state index contributed by atoms with van der Waals surface area (Å²) in [5.74, 6) is -1.61. The van der Waals surface area contributed by atoms with Crippen molar-refractivity contribution in [3.8, 4) is 11.8 Å². The third-order valence-corrected chi connectivity index (χ3v) is 1.97. The van der Waals surface area contributed by atoms with Gasteiger partial charge in [0.15, 0.2) is 11.6 Å². The van der Waals surface area contributed by atoms with Crippen LogP contribution in [0.2, 0.25) is 0 Å². The second-order valence-electron chi connectivity index (χ2n) is 3.09. The molecule has 0 saturated heterocycles. The lowest BCUT2D eigenvalue weighted by Gasteiger charge is -2.14. The van der Waals surface area contributed by atoms with Crippen LogP contribution in [0.4, 0.5) is 8.78 Å². The summed E-state index contributed by atoms with van der Waals surface area (Å²) in [5.41, 5.74) is 0. The van der Waals surface area contributed by atoms with E-state index in [1.807, 2.05) is 13.0 Å². The fourth-order valence-electron chi connectivity index (χ4n) is 1.11. The third-order valence-electron chi connectivity index (χ3n) is 1.97. The summed E-state index contributed by atoms with van der Waals surface area (Å²) in [6, 6.07) is 5.30. The van der Waals surface area contributed by atoms with Gasteiger partial charge in [0.1, 0.15) is 11.9 Å². The Morgan fingerprint density at radius 2 is 2.13 bits per heavy atom. The van der Waals surface area contributed by atoms with Crippen LogP contribution in [0.25, 0.3) is 0 Å². The molecule has 0 aliphatic heterocycles. The second kappa shape index (κ2) is 5.30. The van der Waals surface area contributed by atoms with Crippen LogP contribution in [0.1, 0.15) is 19.8 Å². The van der Waals surface area contributed by atoms with Crippen molar-refractivity contribution in [2.75, 3.05) is 0 Å². The maximum atomic E-state index is 12.8. The standard InChI is InChI=1S/C11H11F2NO/c1-2-8(5-6-14)15-9-3-4-10(12)11(13)7-9/h3-4,7-8H,2,5H2,1H3. The highest BCUT2D eigenvalue weighted by molar-refractivity contribution is 5.23. The molecule has 1 aromatic carbocycles. The minimum atomic E-state index is -0.945. The number of halogens is 2. The van der Waals surface area contributed by atoms with Gasteiger partial charge < -0.3 is 4.74 Å². The fourth-order valence-corrected chi connectivity index (χ4v) is 1.11. The van der Waals surface area contributed by atoms with Gasteiger partial charge in [-0.3, -0.25) is 0 Å². The molecule has 0 heterocycles. The monoisotopic (exact) mass is 211 g/mol. The van der Waals surface area contributed by atoms with Crippen LogP contribution in [0.15, 0.2) is 18.2 Å². The highest BCUT2D eigenvalue weighted by atomic mass is 19.2. The molecular formula is C11H11F2NO. The van der Waals surface area contributed by atoms with Gasteiger partial charge in [-0.1, -0.05) is 6.92 Å². The van der Waals surface area contributed by atoms with Gasteiger partial charge in [0, 0.05) is 6.07 Å². The van der Waals surface area contributed by atoms with E-state index in [9.17, 15) is 8.78 Å². The lowest BCUT2D eigenvalue weighted by atomic mass is 10.2.